The van der Waals surface area contributed by atoms with Gasteiger partial charge in [0, 0.05) is 18.8 Å². The molecule has 0 aliphatic heterocycles. The van der Waals surface area contributed by atoms with Gasteiger partial charge in [0.1, 0.15) is 6.10 Å². The summed E-state index contributed by atoms with van der Waals surface area (Å²) in [5.41, 5.74) is 1.53. The molecule has 2 unspecified atom stereocenters. The third-order valence-corrected chi connectivity index (χ3v) is 3.00. The molecule has 5 heteroatoms. The molecule has 5 nitrogen and oxygen atoms in total. The molecule has 96 valence electrons. The van der Waals surface area contributed by atoms with Crippen LogP contribution in [0.5, 0.6) is 0 Å². The fourth-order valence-electron chi connectivity index (χ4n) is 2.00. The highest BCUT2D eigenvalue weighted by molar-refractivity contribution is 5.80. The quantitative estimate of drug-likeness (QED) is 0.756. The summed E-state index contributed by atoms with van der Waals surface area (Å²) in [4.78, 5) is 10.5. The lowest BCUT2D eigenvalue weighted by molar-refractivity contribution is -0.141. The maximum atomic E-state index is 10.5. The molecule has 1 aromatic heterocycles. The molecule has 18 heavy (non-hydrogen) atoms. The Labute approximate surface area is 104 Å². The Morgan fingerprint density at radius 3 is 2.72 bits per heavy atom. The van der Waals surface area contributed by atoms with Gasteiger partial charge in [0.2, 0.25) is 0 Å². The van der Waals surface area contributed by atoms with E-state index >= 15 is 0 Å². The molecule has 0 spiro atoms. The van der Waals surface area contributed by atoms with E-state index in [1.807, 2.05) is 29.9 Å². The zero-order valence-corrected chi connectivity index (χ0v) is 9.95. The Morgan fingerprint density at radius 2 is 2.06 bits per heavy atom. The van der Waals surface area contributed by atoms with Crippen molar-refractivity contribution in [3.63, 3.8) is 0 Å². The zero-order valence-electron chi connectivity index (χ0n) is 9.95. The molecular weight excluding hydrogens is 234 g/mol. The van der Waals surface area contributed by atoms with E-state index < -0.39 is 24.6 Å². The number of hydrogen-bond acceptors (Lipinski definition) is 3. The van der Waals surface area contributed by atoms with Crippen molar-refractivity contribution in [2.24, 2.45) is 7.05 Å². The van der Waals surface area contributed by atoms with Crippen LogP contribution in [0.15, 0.2) is 30.5 Å². The molecule has 1 heterocycles. The molecule has 1 aromatic carbocycles. The molecule has 0 saturated heterocycles. The van der Waals surface area contributed by atoms with Gasteiger partial charge >= 0.3 is 5.97 Å². The highest BCUT2D eigenvalue weighted by Gasteiger charge is 2.21. The fraction of sp³-hybridized carbons (Fsp3) is 0.308. The Kier molecular flexibility index (Phi) is 3.36. The average Bonchev–Trinajstić information content (AvgIpc) is 2.69. The van der Waals surface area contributed by atoms with Crippen LogP contribution in [-0.4, -0.2) is 32.0 Å². The fourth-order valence-corrected chi connectivity index (χ4v) is 2.00. The summed E-state index contributed by atoms with van der Waals surface area (Å²) in [6.45, 7) is 0. The highest BCUT2D eigenvalue weighted by Crippen LogP contribution is 2.24. The number of aliphatic hydroxyl groups excluding tert-OH is 2. The first-order chi connectivity index (χ1) is 8.49. The van der Waals surface area contributed by atoms with Gasteiger partial charge in [0.25, 0.3) is 0 Å². The molecule has 0 saturated carbocycles. The van der Waals surface area contributed by atoms with Crippen LogP contribution in [0.4, 0.5) is 0 Å². The second-order valence-corrected chi connectivity index (χ2v) is 4.35. The van der Waals surface area contributed by atoms with Crippen LogP contribution >= 0.6 is 0 Å². The van der Waals surface area contributed by atoms with Crippen LogP contribution in [0.2, 0.25) is 0 Å². The van der Waals surface area contributed by atoms with Gasteiger partial charge in [-0.25, -0.2) is 0 Å². The molecule has 0 amide bonds. The number of fused-ring (bicyclic) bond motifs is 1. The Bertz CT molecular complexity index is 575. The van der Waals surface area contributed by atoms with E-state index in [-0.39, 0.29) is 0 Å². The number of carbonyl (C=O) groups is 1. The van der Waals surface area contributed by atoms with Gasteiger partial charge in [-0.2, -0.15) is 0 Å². The van der Waals surface area contributed by atoms with Crippen molar-refractivity contribution in [3.8, 4) is 0 Å². The molecular formula is C13H15NO4. The van der Waals surface area contributed by atoms with E-state index in [0.29, 0.717) is 5.56 Å². The number of carboxylic acid groups (broad SMARTS) is 1. The summed E-state index contributed by atoms with van der Waals surface area (Å²) in [6.07, 6.45) is -1.07. The SMILES string of the molecule is Cn1ccc2cc(C(O)C(O)CC(=O)O)ccc21. The Morgan fingerprint density at radius 1 is 1.33 bits per heavy atom. The van der Waals surface area contributed by atoms with Crippen LogP contribution in [-0.2, 0) is 11.8 Å². The third kappa shape index (κ3) is 2.37. The first-order valence-corrected chi connectivity index (χ1v) is 5.62. The lowest BCUT2D eigenvalue weighted by atomic mass is 10.0. The van der Waals surface area contributed by atoms with Crippen LogP contribution in [0.1, 0.15) is 18.1 Å². The smallest absolute Gasteiger partial charge is 0.306 e. The predicted octanol–water partition coefficient (Wildman–Crippen LogP) is 1.05. The molecule has 0 radical (unpaired) electrons. The van der Waals surface area contributed by atoms with Crippen LogP contribution in [0.3, 0.4) is 0 Å². The van der Waals surface area contributed by atoms with E-state index in [1.165, 1.54) is 0 Å². The minimum Gasteiger partial charge on any atom is -0.481 e. The first-order valence-electron chi connectivity index (χ1n) is 5.62. The van der Waals surface area contributed by atoms with Crippen molar-refractivity contribution in [2.75, 3.05) is 0 Å². The topological polar surface area (TPSA) is 82.7 Å². The van der Waals surface area contributed by atoms with Crippen LogP contribution in [0, 0.1) is 0 Å². The summed E-state index contributed by atoms with van der Waals surface area (Å²) in [6, 6.07) is 7.18. The van der Waals surface area contributed by atoms with Crippen molar-refractivity contribution in [1.82, 2.24) is 4.57 Å². The molecule has 2 atom stereocenters. The maximum absolute atomic E-state index is 10.5. The van der Waals surface area contributed by atoms with Gasteiger partial charge < -0.3 is 19.9 Å². The molecule has 0 bridgehead atoms. The van der Waals surface area contributed by atoms with E-state index in [1.54, 1.807) is 12.1 Å². The van der Waals surface area contributed by atoms with Gasteiger partial charge in [0.15, 0.2) is 0 Å². The van der Waals surface area contributed by atoms with Gasteiger partial charge in [-0.3, -0.25) is 4.79 Å². The Hall–Kier alpha value is -1.85. The van der Waals surface area contributed by atoms with Gasteiger partial charge in [-0.05, 0) is 29.1 Å². The van der Waals surface area contributed by atoms with Crippen molar-refractivity contribution in [2.45, 2.75) is 18.6 Å². The number of aromatic nitrogens is 1. The summed E-state index contributed by atoms with van der Waals surface area (Å²) in [5, 5.41) is 29.0. The zero-order chi connectivity index (χ0) is 13.3. The van der Waals surface area contributed by atoms with Crippen molar-refractivity contribution >= 4 is 16.9 Å². The van der Waals surface area contributed by atoms with E-state index in [9.17, 15) is 15.0 Å². The molecule has 2 rings (SSSR count). The standard InChI is InChI=1S/C13H15NO4/c1-14-5-4-8-6-9(2-3-10(8)14)13(18)11(15)7-12(16)17/h2-6,11,13,15,18H,7H2,1H3,(H,16,17). The molecule has 3 N–H and O–H groups in total. The number of aliphatic carboxylic acids is 1. The normalized spacial score (nSPS) is 14.6. The third-order valence-electron chi connectivity index (χ3n) is 3.00. The first kappa shape index (κ1) is 12.6. The number of nitrogens with zero attached hydrogens (tertiary/aromatic N) is 1. The van der Waals surface area contributed by atoms with Crippen molar-refractivity contribution in [1.29, 1.82) is 0 Å². The second-order valence-electron chi connectivity index (χ2n) is 4.35. The van der Waals surface area contributed by atoms with Gasteiger partial charge in [-0.15, -0.1) is 0 Å². The Balaban J connectivity index is 2.27. The monoisotopic (exact) mass is 249 g/mol. The lowest BCUT2D eigenvalue weighted by Gasteiger charge is -2.16. The number of aryl methyl sites for hydroxylation is 1. The second kappa shape index (κ2) is 4.80. The predicted molar refractivity (Wildman–Crippen MR) is 66.1 cm³/mol. The molecule has 0 fully saturated rings. The average molecular weight is 249 g/mol. The largest absolute Gasteiger partial charge is 0.481 e. The summed E-state index contributed by atoms with van der Waals surface area (Å²) in [5.74, 6) is -1.14. The molecule has 0 aliphatic carbocycles. The van der Waals surface area contributed by atoms with Crippen LogP contribution in [0.25, 0.3) is 10.9 Å². The summed E-state index contributed by atoms with van der Waals surface area (Å²) < 4.78 is 1.94. The maximum Gasteiger partial charge on any atom is 0.306 e. The minimum atomic E-state index is -1.30. The number of benzene rings is 1. The number of hydrogen-bond donors (Lipinski definition) is 3. The summed E-state index contributed by atoms with van der Waals surface area (Å²) >= 11 is 0. The minimum absolute atomic E-state index is 0.478. The number of aliphatic hydroxyl groups is 2. The van der Waals surface area contributed by atoms with E-state index in [4.69, 9.17) is 5.11 Å². The van der Waals surface area contributed by atoms with Gasteiger partial charge in [-0.1, -0.05) is 6.07 Å². The lowest BCUT2D eigenvalue weighted by Crippen LogP contribution is -2.21. The molecule has 0 aliphatic rings. The van der Waals surface area contributed by atoms with Gasteiger partial charge in [0.05, 0.1) is 12.5 Å². The molecule has 2 aromatic rings. The van der Waals surface area contributed by atoms with Crippen molar-refractivity contribution in [3.05, 3.63) is 36.0 Å². The highest BCUT2D eigenvalue weighted by atomic mass is 16.4. The number of carboxylic acids is 1. The van der Waals surface area contributed by atoms with Crippen molar-refractivity contribution < 1.29 is 20.1 Å². The summed E-state index contributed by atoms with van der Waals surface area (Å²) in [7, 11) is 1.91. The van der Waals surface area contributed by atoms with E-state index in [0.717, 1.165) is 10.9 Å². The van der Waals surface area contributed by atoms with Crippen LogP contribution < -0.4 is 0 Å². The van der Waals surface area contributed by atoms with E-state index in [2.05, 4.69) is 0 Å². The number of rotatable bonds is 4.